The molecule has 2 aromatic heterocycles. The number of nitrogen functional groups attached to an aromatic ring is 1. The molecule has 2 aromatic carbocycles. The molecule has 0 spiro atoms. The van der Waals surface area contributed by atoms with E-state index in [9.17, 15) is 4.79 Å². The van der Waals surface area contributed by atoms with Crippen LogP contribution in [0.4, 0.5) is 5.82 Å². The number of carbonyl (C=O) groups excluding carboxylic acids is 1. The Labute approximate surface area is 168 Å². The van der Waals surface area contributed by atoms with Crippen LogP contribution in [0.15, 0.2) is 78.9 Å². The summed E-state index contributed by atoms with van der Waals surface area (Å²) >= 11 is 0. The Morgan fingerprint density at radius 1 is 0.966 bits per heavy atom. The largest absolute Gasteiger partial charge is 0.384 e. The first-order valence-electron chi connectivity index (χ1n) is 9.40. The lowest BCUT2D eigenvalue weighted by molar-refractivity contribution is 0.0954. The smallest absolute Gasteiger partial charge is 0.251 e. The maximum atomic E-state index is 12.8. The number of benzene rings is 2. The molecular weight excluding hydrogens is 362 g/mol. The van der Waals surface area contributed by atoms with Crippen LogP contribution in [0.3, 0.4) is 0 Å². The van der Waals surface area contributed by atoms with Gasteiger partial charge in [0, 0.05) is 35.3 Å². The third-order valence-electron chi connectivity index (χ3n) is 4.60. The number of nitrogens with zero attached hydrogens (tertiary/aromatic N) is 2. The highest BCUT2D eigenvalue weighted by molar-refractivity contribution is 6.00. The van der Waals surface area contributed by atoms with Crippen molar-refractivity contribution in [2.75, 3.05) is 12.3 Å². The molecule has 0 unspecified atom stereocenters. The molecule has 0 radical (unpaired) electrons. The number of carbonyl (C=O) groups is 1. The van der Waals surface area contributed by atoms with Gasteiger partial charge >= 0.3 is 0 Å². The fourth-order valence-corrected chi connectivity index (χ4v) is 3.17. The van der Waals surface area contributed by atoms with E-state index in [4.69, 9.17) is 5.73 Å². The Hall–Kier alpha value is -3.93. The zero-order valence-corrected chi connectivity index (χ0v) is 15.8. The van der Waals surface area contributed by atoms with E-state index in [1.807, 2.05) is 72.8 Å². The minimum Gasteiger partial charge on any atom is -0.384 e. The van der Waals surface area contributed by atoms with Gasteiger partial charge in [0.05, 0.1) is 11.4 Å². The average molecular weight is 383 g/mol. The van der Waals surface area contributed by atoms with Crippen LogP contribution < -0.4 is 11.1 Å². The van der Waals surface area contributed by atoms with Crippen molar-refractivity contribution < 1.29 is 4.79 Å². The van der Waals surface area contributed by atoms with Gasteiger partial charge in [0.15, 0.2) is 0 Å². The fourth-order valence-electron chi connectivity index (χ4n) is 3.17. The van der Waals surface area contributed by atoms with Crippen molar-refractivity contribution in [3.8, 4) is 22.5 Å². The SMILES string of the molecule is Nc1cccc(CCNC(=O)c2ccccc2-c2cc(-c3ccccc3)n[nH]2)n1. The molecule has 0 aliphatic carbocycles. The van der Waals surface area contributed by atoms with Gasteiger partial charge in [-0.25, -0.2) is 4.98 Å². The Morgan fingerprint density at radius 2 is 1.76 bits per heavy atom. The summed E-state index contributed by atoms with van der Waals surface area (Å²) in [5.74, 6) is 0.341. The van der Waals surface area contributed by atoms with Crippen molar-refractivity contribution in [2.45, 2.75) is 6.42 Å². The maximum absolute atomic E-state index is 12.8. The van der Waals surface area contributed by atoms with Crippen molar-refractivity contribution in [1.82, 2.24) is 20.5 Å². The number of pyridine rings is 1. The van der Waals surface area contributed by atoms with Gasteiger partial charge in [-0.05, 0) is 24.3 Å². The molecule has 6 nitrogen and oxygen atoms in total. The molecule has 29 heavy (non-hydrogen) atoms. The second-order valence-electron chi connectivity index (χ2n) is 6.64. The summed E-state index contributed by atoms with van der Waals surface area (Å²) < 4.78 is 0. The van der Waals surface area contributed by atoms with Crippen molar-refractivity contribution in [3.05, 3.63) is 90.1 Å². The summed E-state index contributed by atoms with van der Waals surface area (Å²) in [6, 6.07) is 24.9. The lowest BCUT2D eigenvalue weighted by atomic mass is 10.0. The number of rotatable bonds is 6. The second-order valence-corrected chi connectivity index (χ2v) is 6.64. The topological polar surface area (TPSA) is 96.7 Å². The highest BCUT2D eigenvalue weighted by Crippen LogP contribution is 2.26. The number of aromatic nitrogens is 3. The van der Waals surface area contributed by atoms with Crippen LogP contribution >= 0.6 is 0 Å². The molecule has 4 aromatic rings. The van der Waals surface area contributed by atoms with Crippen LogP contribution in [0.2, 0.25) is 0 Å². The summed E-state index contributed by atoms with van der Waals surface area (Å²) in [6.07, 6.45) is 0.612. The van der Waals surface area contributed by atoms with Gasteiger partial charge in [-0.2, -0.15) is 5.10 Å². The molecule has 0 saturated heterocycles. The first-order valence-corrected chi connectivity index (χ1v) is 9.40. The van der Waals surface area contributed by atoms with Crippen LogP contribution in [0.1, 0.15) is 16.1 Å². The van der Waals surface area contributed by atoms with E-state index in [0.29, 0.717) is 24.3 Å². The molecule has 2 heterocycles. The summed E-state index contributed by atoms with van der Waals surface area (Å²) in [5, 5.41) is 10.4. The normalized spacial score (nSPS) is 10.6. The molecule has 4 N–H and O–H groups in total. The molecule has 0 bridgehead atoms. The Balaban J connectivity index is 1.49. The molecule has 0 saturated carbocycles. The van der Waals surface area contributed by atoms with Crippen molar-refractivity contribution in [1.29, 1.82) is 0 Å². The first kappa shape index (κ1) is 18.4. The first-order chi connectivity index (χ1) is 14.2. The van der Waals surface area contributed by atoms with E-state index in [1.54, 1.807) is 6.07 Å². The summed E-state index contributed by atoms with van der Waals surface area (Å²) in [5.41, 5.74) is 10.6. The van der Waals surface area contributed by atoms with E-state index in [0.717, 1.165) is 28.2 Å². The monoisotopic (exact) mass is 383 g/mol. The van der Waals surface area contributed by atoms with Crippen LogP contribution in [0.25, 0.3) is 22.5 Å². The summed E-state index contributed by atoms with van der Waals surface area (Å²) in [4.78, 5) is 17.0. The van der Waals surface area contributed by atoms with Crippen LogP contribution in [-0.2, 0) is 6.42 Å². The third kappa shape index (κ3) is 4.32. The predicted molar refractivity (Wildman–Crippen MR) is 114 cm³/mol. The van der Waals surface area contributed by atoms with E-state index in [1.165, 1.54) is 0 Å². The zero-order chi connectivity index (χ0) is 20.1. The molecule has 0 aliphatic heterocycles. The van der Waals surface area contributed by atoms with Gasteiger partial charge in [-0.1, -0.05) is 54.6 Å². The zero-order valence-electron chi connectivity index (χ0n) is 15.8. The number of hydrogen-bond acceptors (Lipinski definition) is 4. The molecular formula is C23H21N5O. The minimum atomic E-state index is -0.139. The number of nitrogens with two attached hydrogens (primary N) is 1. The van der Waals surface area contributed by atoms with Gasteiger partial charge in [-0.15, -0.1) is 0 Å². The molecule has 1 amide bonds. The average Bonchev–Trinajstić information content (AvgIpc) is 3.25. The van der Waals surface area contributed by atoms with Crippen LogP contribution in [0, 0.1) is 0 Å². The van der Waals surface area contributed by atoms with Gasteiger partial charge in [0.1, 0.15) is 5.82 Å². The Morgan fingerprint density at radius 3 is 2.59 bits per heavy atom. The van der Waals surface area contributed by atoms with Crippen molar-refractivity contribution in [2.24, 2.45) is 0 Å². The van der Waals surface area contributed by atoms with Crippen molar-refractivity contribution >= 4 is 11.7 Å². The van der Waals surface area contributed by atoms with E-state index < -0.39 is 0 Å². The number of amides is 1. The van der Waals surface area contributed by atoms with E-state index in [2.05, 4.69) is 20.5 Å². The fraction of sp³-hybridized carbons (Fsp3) is 0.0870. The van der Waals surface area contributed by atoms with Gasteiger partial charge in [-0.3, -0.25) is 9.89 Å². The standard InChI is InChI=1S/C23H21N5O/c24-22-12-6-9-17(26-22)13-14-25-23(29)19-11-5-4-10-18(19)21-15-20(27-28-21)16-7-2-1-3-8-16/h1-12,15H,13-14H2,(H2,24,26)(H,25,29)(H,27,28). The molecule has 144 valence electrons. The van der Waals surface area contributed by atoms with E-state index >= 15 is 0 Å². The molecule has 0 fully saturated rings. The van der Waals surface area contributed by atoms with Crippen LogP contribution in [-0.4, -0.2) is 27.6 Å². The molecule has 0 aliphatic rings. The van der Waals surface area contributed by atoms with Gasteiger partial charge in [0.25, 0.3) is 5.91 Å². The number of H-pyrrole nitrogens is 1. The Kier molecular flexibility index (Phi) is 5.33. The Bertz CT molecular complexity index is 1120. The summed E-state index contributed by atoms with van der Waals surface area (Å²) in [7, 11) is 0. The van der Waals surface area contributed by atoms with Crippen LogP contribution in [0.5, 0.6) is 0 Å². The number of aromatic amines is 1. The number of hydrogen-bond donors (Lipinski definition) is 3. The molecule has 6 heteroatoms. The van der Waals surface area contributed by atoms with Crippen molar-refractivity contribution in [3.63, 3.8) is 0 Å². The quantitative estimate of drug-likeness (QED) is 0.473. The minimum absolute atomic E-state index is 0.139. The third-order valence-corrected chi connectivity index (χ3v) is 4.60. The molecule has 4 rings (SSSR count). The summed E-state index contributed by atoms with van der Waals surface area (Å²) in [6.45, 7) is 0.474. The lowest BCUT2D eigenvalue weighted by Gasteiger charge is -2.09. The number of nitrogens with one attached hydrogen (secondary N) is 2. The molecule has 0 atom stereocenters. The van der Waals surface area contributed by atoms with E-state index in [-0.39, 0.29) is 5.91 Å². The highest BCUT2D eigenvalue weighted by atomic mass is 16.1. The lowest BCUT2D eigenvalue weighted by Crippen LogP contribution is -2.26. The highest BCUT2D eigenvalue weighted by Gasteiger charge is 2.14. The van der Waals surface area contributed by atoms with Gasteiger partial charge in [0.2, 0.25) is 0 Å². The number of anilines is 1. The maximum Gasteiger partial charge on any atom is 0.251 e. The predicted octanol–water partition coefficient (Wildman–Crippen LogP) is 3.69. The second kappa shape index (κ2) is 8.39. The van der Waals surface area contributed by atoms with Gasteiger partial charge < -0.3 is 11.1 Å².